The van der Waals surface area contributed by atoms with Crippen LogP contribution in [-0.2, 0) is 6.54 Å². The van der Waals surface area contributed by atoms with E-state index in [1.54, 1.807) is 0 Å². The van der Waals surface area contributed by atoms with Crippen LogP contribution < -0.4 is 5.32 Å². The minimum absolute atomic E-state index is 0.810. The number of benzene rings is 2. The monoisotopic (exact) mass is 262 g/mol. The predicted octanol–water partition coefficient (Wildman–Crippen LogP) is 4.53. The molecule has 0 unspecified atom stereocenters. The minimum atomic E-state index is 0.810. The van der Waals surface area contributed by atoms with Crippen molar-refractivity contribution in [2.75, 3.05) is 5.32 Å². The van der Waals surface area contributed by atoms with Gasteiger partial charge in [-0.1, -0.05) is 18.2 Å². The van der Waals surface area contributed by atoms with Crippen molar-refractivity contribution in [3.05, 3.63) is 66.5 Å². The van der Waals surface area contributed by atoms with Crippen LogP contribution in [0.15, 0.2) is 65.3 Å². The molecule has 2 heterocycles. The molecule has 2 aromatic heterocycles. The molecule has 0 saturated heterocycles. The summed E-state index contributed by atoms with van der Waals surface area (Å²) >= 11 is 0. The Morgan fingerprint density at radius 2 is 1.85 bits per heavy atom. The third kappa shape index (κ3) is 1.84. The maximum atomic E-state index is 5.83. The highest BCUT2D eigenvalue weighted by Gasteiger charge is 2.06. The standard InChI is InChI=1S/C17H14N2O/c1-2-4-16-14(3-1)15-9-13(5-6-17(15)20-16)19-11-12-7-8-18-10-12/h1-10,18-19H,11H2. The zero-order valence-electron chi connectivity index (χ0n) is 10.9. The molecule has 4 aromatic rings. The van der Waals surface area contributed by atoms with E-state index in [0.717, 1.165) is 34.2 Å². The van der Waals surface area contributed by atoms with Crippen molar-refractivity contribution in [1.82, 2.24) is 4.98 Å². The Morgan fingerprint density at radius 1 is 0.950 bits per heavy atom. The number of furan rings is 1. The fraction of sp³-hybridized carbons (Fsp3) is 0.0588. The van der Waals surface area contributed by atoms with Gasteiger partial charge in [0, 0.05) is 35.4 Å². The van der Waals surface area contributed by atoms with Gasteiger partial charge in [-0.3, -0.25) is 0 Å². The van der Waals surface area contributed by atoms with Gasteiger partial charge >= 0.3 is 0 Å². The van der Waals surface area contributed by atoms with Crippen LogP contribution in [0.1, 0.15) is 5.56 Å². The number of anilines is 1. The summed E-state index contributed by atoms with van der Waals surface area (Å²) in [5.41, 5.74) is 4.20. The van der Waals surface area contributed by atoms with Gasteiger partial charge in [0.25, 0.3) is 0 Å². The highest BCUT2D eigenvalue weighted by atomic mass is 16.3. The Kier molecular flexibility index (Phi) is 2.49. The van der Waals surface area contributed by atoms with Crippen LogP contribution in [0.4, 0.5) is 5.69 Å². The summed E-state index contributed by atoms with van der Waals surface area (Å²) < 4.78 is 5.83. The summed E-state index contributed by atoms with van der Waals surface area (Å²) in [6, 6.07) is 16.4. The van der Waals surface area contributed by atoms with Crippen LogP contribution >= 0.6 is 0 Å². The first-order valence-electron chi connectivity index (χ1n) is 6.67. The van der Waals surface area contributed by atoms with E-state index in [2.05, 4.69) is 34.6 Å². The smallest absolute Gasteiger partial charge is 0.135 e. The number of hydrogen-bond donors (Lipinski definition) is 2. The van der Waals surface area contributed by atoms with Gasteiger partial charge in [-0.15, -0.1) is 0 Å². The number of fused-ring (bicyclic) bond motifs is 3. The third-order valence-corrected chi connectivity index (χ3v) is 3.54. The molecule has 0 bridgehead atoms. The van der Waals surface area contributed by atoms with Crippen LogP contribution in [0.3, 0.4) is 0 Å². The summed E-state index contributed by atoms with van der Waals surface area (Å²) in [6.45, 7) is 0.810. The van der Waals surface area contributed by atoms with Gasteiger partial charge in [0.15, 0.2) is 0 Å². The van der Waals surface area contributed by atoms with Crippen molar-refractivity contribution in [2.24, 2.45) is 0 Å². The topological polar surface area (TPSA) is 41.0 Å². The number of nitrogens with one attached hydrogen (secondary N) is 2. The van der Waals surface area contributed by atoms with E-state index in [-0.39, 0.29) is 0 Å². The molecule has 2 aromatic carbocycles. The van der Waals surface area contributed by atoms with Crippen molar-refractivity contribution in [1.29, 1.82) is 0 Å². The van der Waals surface area contributed by atoms with Crippen molar-refractivity contribution in [2.45, 2.75) is 6.54 Å². The average Bonchev–Trinajstić information content (AvgIpc) is 3.12. The highest BCUT2D eigenvalue weighted by Crippen LogP contribution is 2.30. The molecule has 0 spiro atoms. The molecule has 98 valence electrons. The molecule has 0 amide bonds. The number of para-hydroxylation sites is 1. The summed E-state index contributed by atoms with van der Waals surface area (Å²) in [5, 5.41) is 5.74. The lowest BCUT2D eigenvalue weighted by Gasteiger charge is -2.04. The van der Waals surface area contributed by atoms with E-state index in [1.807, 2.05) is 36.7 Å². The van der Waals surface area contributed by atoms with Crippen LogP contribution in [0.25, 0.3) is 21.9 Å². The van der Waals surface area contributed by atoms with E-state index in [9.17, 15) is 0 Å². The van der Waals surface area contributed by atoms with Crippen molar-refractivity contribution in [3.63, 3.8) is 0 Å². The molecule has 3 nitrogen and oxygen atoms in total. The molecular formula is C17H14N2O. The zero-order valence-corrected chi connectivity index (χ0v) is 10.9. The number of aromatic nitrogens is 1. The highest BCUT2D eigenvalue weighted by molar-refractivity contribution is 6.05. The number of aromatic amines is 1. The molecule has 3 heteroatoms. The molecule has 0 radical (unpaired) electrons. The molecule has 0 fully saturated rings. The van der Waals surface area contributed by atoms with Crippen LogP contribution in [0.2, 0.25) is 0 Å². The van der Waals surface area contributed by atoms with E-state index in [1.165, 1.54) is 5.56 Å². The number of rotatable bonds is 3. The minimum Gasteiger partial charge on any atom is -0.456 e. The summed E-state index contributed by atoms with van der Waals surface area (Å²) in [5.74, 6) is 0. The second-order valence-corrected chi connectivity index (χ2v) is 4.88. The molecule has 0 atom stereocenters. The normalized spacial score (nSPS) is 11.2. The van der Waals surface area contributed by atoms with Crippen molar-refractivity contribution < 1.29 is 4.42 Å². The van der Waals surface area contributed by atoms with Gasteiger partial charge in [-0.2, -0.15) is 0 Å². The molecule has 4 rings (SSSR count). The second kappa shape index (κ2) is 4.46. The Hall–Kier alpha value is -2.68. The molecule has 2 N–H and O–H groups in total. The predicted molar refractivity (Wildman–Crippen MR) is 81.8 cm³/mol. The Morgan fingerprint density at radius 3 is 2.75 bits per heavy atom. The number of H-pyrrole nitrogens is 1. The summed E-state index contributed by atoms with van der Waals surface area (Å²) in [6.07, 6.45) is 3.93. The van der Waals surface area contributed by atoms with E-state index in [0.29, 0.717) is 0 Å². The number of hydrogen-bond acceptors (Lipinski definition) is 2. The lowest BCUT2D eigenvalue weighted by atomic mass is 10.1. The van der Waals surface area contributed by atoms with E-state index in [4.69, 9.17) is 4.42 Å². The lowest BCUT2D eigenvalue weighted by molar-refractivity contribution is 0.669. The van der Waals surface area contributed by atoms with Gasteiger partial charge in [0.05, 0.1) is 0 Å². The third-order valence-electron chi connectivity index (χ3n) is 3.54. The van der Waals surface area contributed by atoms with Crippen LogP contribution in [-0.4, -0.2) is 4.98 Å². The fourth-order valence-corrected chi connectivity index (χ4v) is 2.51. The molecular weight excluding hydrogens is 248 g/mol. The van der Waals surface area contributed by atoms with Gasteiger partial charge in [-0.25, -0.2) is 0 Å². The van der Waals surface area contributed by atoms with Crippen LogP contribution in [0.5, 0.6) is 0 Å². The Bertz CT molecular complexity index is 859. The van der Waals surface area contributed by atoms with Gasteiger partial charge in [0.1, 0.15) is 11.2 Å². The van der Waals surface area contributed by atoms with Crippen molar-refractivity contribution >= 4 is 27.6 Å². The zero-order chi connectivity index (χ0) is 13.4. The molecule has 0 aliphatic carbocycles. The second-order valence-electron chi connectivity index (χ2n) is 4.88. The average molecular weight is 262 g/mol. The maximum absolute atomic E-state index is 5.83. The largest absolute Gasteiger partial charge is 0.456 e. The SMILES string of the molecule is c1ccc2c(c1)oc1ccc(NCc3cc[nH]c3)cc12. The first kappa shape index (κ1) is 11.2. The summed E-state index contributed by atoms with van der Waals surface area (Å²) in [7, 11) is 0. The quantitative estimate of drug-likeness (QED) is 0.569. The molecule has 0 aliphatic heterocycles. The van der Waals surface area contributed by atoms with E-state index >= 15 is 0 Å². The van der Waals surface area contributed by atoms with Crippen molar-refractivity contribution in [3.8, 4) is 0 Å². The summed E-state index contributed by atoms with van der Waals surface area (Å²) in [4.78, 5) is 3.06. The van der Waals surface area contributed by atoms with Crippen LogP contribution in [0, 0.1) is 0 Å². The lowest BCUT2D eigenvalue weighted by Crippen LogP contribution is -1.97. The molecule has 0 aliphatic rings. The Labute approximate surface area is 116 Å². The van der Waals surface area contributed by atoms with Gasteiger partial charge < -0.3 is 14.7 Å². The van der Waals surface area contributed by atoms with Gasteiger partial charge in [0.2, 0.25) is 0 Å². The Balaban J connectivity index is 1.72. The van der Waals surface area contributed by atoms with E-state index < -0.39 is 0 Å². The molecule has 0 saturated carbocycles. The molecule has 20 heavy (non-hydrogen) atoms. The first-order valence-corrected chi connectivity index (χ1v) is 6.67. The fourth-order valence-electron chi connectivity index (χ4n) is 2.51. The van der Waals surface area contributed by atoms with Gasteiger partial charge in [-0.05, 0) is 35.9 Å². The first-order chi connectivity index (χ1) is 9.90. The maximum Gasteiger partial charge on any atom is 0.135 e.